The zero-order valence-electron chi connectivity index (χ0n) is 16.9. The molecule has 0 unspecified atom stereocenters. The first-order valence-electron chi connectivity index (χ1n) is 8.95. The van der Waals surface area contributed by atoms with E-state index in [1.54, 1.807) is 25.6 Å². The van der Waals surface area contributed by atoms with Gasteiger partial charge in [0.1, 0.15) is 0 Å². The summed E-state index contributed by atoms with van der Waals surface area (Å²) in [5.74, 6) is 1.53. The van der Waals surface area contributed by atoms with E-state index in [0.29, 0.717) is 0 Å². The third kappa shape index (κ3) is 3.95. The number of hydrogen-bond acceptors (Lipinski definition) is 5. The minimum Gasteiger partial charge on any atom is -0.493 e. The molecule has 0 saturated carbocycles. The van der Waals surface area contributed by atoms with E-state index in [0.717, 1.165) is 35.3 Å². The summed E-state index contributed by atoms with van der Waals surface area (Å²) in [6.07, 6.45) is 0.927. The number of hydrogen-bond donors (Lipinski definition) is 0. The molecule has 0 aliphatic carbocycles. The van der Waals surface area contributed by atoms with E-state index in [1.807, 2.05) is 25.1 Å². The van der Waals surface area contributed by atoms with E-state index in [2.05, 4.69) is 42.0 Å². The van der Waals surface area contributed by atoms with Gasteiger partial charge in [-0.15, -0.1) is 11.3 Å². The molecule has 2 heterocycles. The second-order valence-electron chi connectivity index (χ2n) is 6.79. The van der Waals surface area contributed by atoms with Crippen LogP contribution in [0.15, 0.2) is 29.6 Å². The summed E-state index contributed by atoms with van der Waals surface area (Å²) in [4.78, 5) is 6.80. The molecule has 0 atom stereocenters. The van der Waals surface area contributed by atoms with Gasteiger partial charge in [0.25, 0.3) is 0 Å². The molecule has 0 aliphatic heterocycles. The number of thiazole rings is 1. The van der Waals surface area contributed by atoms with Crippen molar-refractivity contribution >= 4 is 16.5 Å². The molecular formula is C21H27N3O2S. The number of rotatable bonds is 7. The zero-order valence-corrected chi connectivity index (χ0v) is 17.7. The molecule has 5 nitrogen and oxygen atoms in total. The van der Waals surface area contributed by atoms with Crippen molar-refractivity contribution in [2.75, 3.05) is 33.2 Å². The van der Waals surface area contributed by atoms with E-state index in [4.69, 9.17) is 14.5 Å². The minimum absolute atomic E-state index is 0.761. The van der Waals surface area contributed by atoms with Gasteiger partial charge in [0.2, 0.25) is 0 Å². The highest BCUT2D eigenvalue weighted by Crippen LogP contribution is 2.31. The Labute approximate surface area is 165 Å². The third-order valence-electron chi connectivity index (χ3n) is 4.80. The molecule has 0 radical (unpaired) electrons. The fourth-order valence-corrected chi connectivity index (χ4v) is 4.03. The molecule has 144 valence electrons. The maximum atomic E-state index is 5.42. The van der Waals surface area contributed by atoms with Gasteiger partial charge in [0.15, 0.2) is 16.6 Å². The average Bonchev–Trinajstić information content (AvgIpc) is 3.25. The fourth-order valence-electron chi connectivity index (χ4n) is 3.27. The van der Waals surface area contributed by atoms with Crippen LogP contribution in [0.5, 0.6) is 11.5 Å². The summed E-state index contributed by atoms with van der Waals surface area (Å²) >= 11 is 1.67. The van der Waals surface area contributed by atoms with Crippen molar-refractivity contribution < 1.29 is 9.47 Å². The Morgan fingerprint density at radius 1 is 1.07 bits per heavy atom. The Bertz CT molecular complexity index is 928. The predicted molar refractivity (Wildman–Crippen MR) is 113 cm³/mol. The van der Waals surface area contributed by atoms with Gasteiger partial charge in [-0.05, 0) is 44.0 Å². The van der Waals surface area contributed by atoms with Crippen LogP contribution >= 0.6 is 11.3 Å². The van der Waals surface area contributed by atoms with Crippen LogP contribution in [0, 0.1) is 13.8 Å². The van der Waals surface area contributed by atoms with Crippen LogP contribution in [-0.4, -0.2) is 37.9 Å². The van der Waals surface area contributed by atoms with Crippen molar-refractivity contribution in [3.63, 3.8) is 0 Å². The minimum atomic E-state index is 0.761. The number of anilines is 1. The van der Waals surface area contributed by atoms with Crippen molar-refractivity contribution in [2.45, 2.75) is 26.8 Å². The molecule has 2 aromatic heterocycles. The van der Waals surface area contributed by atoms with Crippen LogP contribution in [0.3, 0.4) is 0 Å². The highest BCUT2D eigenvalue weighted by molar-refractivity contribution is 7.14. The smallest absolute Gasteiger partial charge is 0.185 e. The summed E-state index contributed by atoms with van der Waals surface area (Å²) in [7, 11) is 7.37. The molecule has 0 amide bonds. The summed E-state index contributed by atoms with van der Waals surface area (Å²) in [6.45, 7) is 5.24. The largest absolute Gasteiger partial charge is 0.493 e. The second kappa shape index (κ2) is 8.05. The molecule has 0 spiro atoms. The molecule has 0 N–H and O–H groups in total. The third-order valence-corrected chi connectivity index (χ3v) is 5.80. The van der Waals surface area contributed by atoms with E-state index in [1.165, 1.54) is 22.5 Å². The summed E-state index contributed by atoms with van der Waals surface area (Å²) < 4.78 is 13.1. The Balaban J connectivity index is 1.81. The van der Waals surface area contributed by atoms with E-state index in [9.17, 15) is 0 Å². The maximum absolute atomic E-state index is 5.42. The SMILES string of the molecule is COc1ccc(CCn2c(C)cc(-c3csc(N(C)C)n3)c2C)cc1OC. The van der Waals surface area contributed by atoms with Gasteiger partial charge in [-0.1, -0.05) is 6.07 Å². The van der Waals surface area contributed by atoms with Crippen molar-refractivity contribution in [2.24, 2.45) is 0 Å². The lowest BCUT2D eigenvalue weighted by Gasteiger charge is -2.12. The highest BCUT2D eigenvalue weighted by atomic mass is 32.1. The van der Waals surface area contributed by atoms with Crippen LogP contribution < -0.4 is 14.4 Å². The number of nitrogens with zero attached hydrogens (tertiary/aromatic N) is 3. The molecule has 3 rings (SSSR count). The van der Waals surface area contributed by atoms with Gasteiger partial charge >= 0.3 is 0 Å². The number of ether oxygens (including phenoxy) is 2. The number of benzene rings is 1. The summed E-state index contributed by atoms with van der Waals surface area (Å²) in [5, 5.41) is 3.16. The van der Waals surface area contributed by atoms with Crippen LogP contribution in [0.1, 0.15) is 17.0 Å². The van der Waals surface area contributed by atoms with Crippen molar-refractivity contribution in [3.05, 3.63) is 46.6 Å². The van der Waals surface area contributed by atoms with Crippen molar-refractivity contribution in [1.29, 1.82) is 0 Å². The Hall–Kier alpha value is -2.47. The molecular weight excluding hydrogens is 358 g/mol. The first-order valence-corrected chi connectivity index (χ1v) is 9.83. The van der Waals surface area contributed by atoms with Gasteiger partial charge in [-0.2, -0.15) is 0 Å². The summed E-state index contributed by atoms with van der Waals surface area (Å²) in [5.41, 5.74) is 5.99. The number of aryl methyl sites for hydroxylation is 2. The molecule has 6 heteroatoms. The Kier molecular flexibility index (Phi) is 5.75. The molecule has 1 aromatic carbocycles. The molecule has 0 saturated heterocycles. The van der Waals surface area contributed by atoms with E-state index >= 15 is 0 Å². The van der Waals surface area contributed by atoms with Crippen LogP contribution in [-0.2, 0) is 13.0 Å². The van der Waals surface area contributed by atoms with E-state index < -0.39 is 0 Å². The molecule has 0 fully saturated rings. The number of methoxy groups -OCH3 is 2. The van der Waals surface area contributed by atoms with Gasteiger partial charge < -0.3 is 18.9 Å². The standard InChI is InChI=1S/C21H27N3O2S/c1-14-11-17(18-13-27-21(22-18)23(3)4)15(2)24(14)10-9-16-7-8-19(25-5)20(12-16)26-6/h7-8,11-13H,9-10H2,1-6H3. The van der Waals surface area contributed by atoms with E-state index in [-0.39, 0.29) is 0 Å². The van der Waals surface area contributed by atoms with Crippen molar-refractivity contribution in [3.8, 4) is 22.8 Å². The molecule has 0 aliphatic rings. The Morgan fingerprint density at radius 3 is 2.44 bits per heavy atom. The lowest BCUT2D eigenvalue weighted by atomic mass is 10.1. The maximum Gasteiger partial charge on any atom is 0.185 e. The topological polar surface area (TPSA) is 39.5 Å². The normalized spacial score (nSPS) is 10.9. The van der Waals surface area contributed by atoms with Gasteiger partial charge in [-0.3, -0.25) is 0 Å². The van der Waals surface area contributed by atoms with Crippen LogP contribution in [0.25, 0.3) is 11.3 Å². The predicted octanol–water partition coefficient (Wildman–Crippen LogP) is 4.55. The molecule has 3 aromatic rings. The molecule has 27 heavy (non-hydrogen) atoms. The lowest BCUT2D eigenvalue weighted by Crippen LogP contribution is -2.07. The van der Waals surface area contributed by atoms with Gasteiger partial charge in [0.05, 0.1) is 19.9 Å². The average molecular weight is 386 g/mol. The lowest BCUT2D eigenvalue weighted by molar-refractivity contribution is 0.354. The Morgan fingerprint density at radius 2 is 1.81 bits per heavy atom. The quantitative estimate of drug-likeness (QED) is 0.598. The zero-order chi connectivity index (χ0) is 19.6. The fraction of sp³-hybridized carbons (Fsp3) is 0.381. The first-order chi connectivity index (χ1) is 12.9. The molecule has 0 bridgehead atoms. The second-order valence-corrected chi connectivity index (χ2v) is 7.62. The summed E-state index contributed by atoms with van der Waals surface area (Å²) in [6, 6.07) is 8.35. The monoisotopic (exact) mass is 385 g/mol. The van der Waals surface area contributed by atoms with Crippen molar-refractivity contribution in [1.82, 2.24) is 9.55 Å². The van der Waals surface area contributed by atoms with Crippen LogP contribution in [0.4, 0.5) is 5.13 Å². The first kappa shape index (κ1) is 19.3. The number of aromatic nitrogens is 2. The van der Waals surface area contributed by atoms with Crippen LogP contribution in [0.2, 0.25) is 0 Å². The van der Waals surface area contributed by atoms with Gasteiger partial charge in [0, 0.05) is 43.0 Å². The van der Waals surface area contributed by atoms with Gasteiger partial charge in [-0.25, -0.2) is 4.98 Å². The highest BCUT2D eigenvalue weighted by Gasteiger charge is 2.14.